The Morgan fingerprint density at radius 1 is 0.767 bits per heavy atom. The molecule has 0 spiro atoms. The first-order chi connectivity index (χ1) is 20.4. The van der Waals surface area contributed by atoms with Crippen molar-refractivity contribution >= 4 is 52.9 Å². The maximum Gasteiger partial charge on any atom is 0.317 e. The number of hydrogen-bond acceptors (Lipinski definition) is 11. The number of rotatable bonds is 13. The van der Waals surface area contributed by atoms with E-state index in [1.165, 1.54) is 0 Å². The monoisotopic (exact) mass is 622 g/mol. The topological polar surface area (TPSA) is 204 Å². The van der Waals surface area contributed by atoms with Gasteiger partial charge in [0.2, 0.25) is 5.91 Å². The molecule has 0 radical (unpaired) electrons. The number of benzene rings is 1. The van der Waals surface area contributed by atoms with E-state index in [9.17, 15) is 44.4 Å². The van der Waals surface area contributed by atoms with Crippen molar-refractivity contribution in [2.24, 2.45) is 4.99 Å². The van der Waals surface area contributed by atoms with Crippen LogP contribution in [0.4, 0.5) is 5.69 Å². The lowest BCUT2D eigenvalue weighted by Crippen LogP contribution is -2.54. The zero-order valence-electron chi connectivity index (χ0n) is 23.8. The van der Waals surface area contributed by atoms with E-state index in [-0.39, 0.29) is 71.2 Å². The van der Waals surface area contributed by atoms with Crippen LogP contribution >= 0.6 is 12.2 Å². The second-order valence-electron chi connectivity index (χ2n) is 10.2. The fourth-order valence-electron chi connectivity index (χ4n) is 4.81. The lowest BCUT2D eigenvalue weighted by molar-refractivity contribution is -0.141. The van der Waals surface area contributed by atoms with E-state index in [0.717, 1.165) is 0 Å². The summed E-state index contributed by atoms with van der Waals surface area (Å²) in [7, 11) is 0. The van der Waals surface area contributed by atoms with Crippen LogP contribution in [0.1, 0.15) is 12.0 Å². The SMILES string of the molecule is O=C(O)CN1CCCN(CC(=O)O)CCN(CC(=O)O)C(CNC(=O)Cc2ccc(N=C=S)cc2)CN(CC(=O)O)CC1. The molecule has 1 amide bonds. The Labute approximate surface area is 254 Å². The third kappa shape index (κ3) is 14.8. The highest BCUT2D eigenvalue weighted by molar-refractivity contribution is 7.78. The van der Waals surface area contributed by atoms with Crippen molar-refractivity contribution in [1.29, 1.82) is 0 Å². The summed E-state index contributed by atoms with van der Waals surface area (Å²) in [5.41, 5.74) is 1.29. The van der Waals surface area contributed by atoms with E-state index in [0.29, 0.717) is 30.8 Å². The number of isothiocyanates is 1. The highest BCUT2D eigenvalue weighted by Crippen LogP contribution is 2.13. The zero-order chi connectivity index (χ0) is 31.8. The van der Waals surface area contributed by atoms with Crippen LogP contribution in [0.15, 0.2) is 29.3 Å². The minimum absolute atomic E-state index is 0.00666. The number of carboxylic acid groups (broad SMARTS) is 4. The second-order valence-corrected chi connectivity index (χ2v) is 10.4. The Balaban J connectivity index is 2.30. The number of nitrogens with zero attached hydrogens (tertiary/aromatic N) is 5. The quantitative estimate of drug-likeness (QED) is 0.138. The predicted octanol–water partition coefficient (Wildman–Crippen LogP) is -0.602. The molecule has 2 rings (SSSR count). The summed E-state index contributed by atoms with van der Waals surface area (Å²) in [6.07, 6.45) is 0.485. The molecule has 0 aromatic heterocycles. The van der Waals surface area contributed by atoms with Gasteiger partial charge < -0.3 is 25.7 Å². The molecule has 5 N–H and O–H groups in total. The lowest BCUT2D eigenvalue weighted by atomic mass is 10.1. The lowest BCUT2D eigenvalue weighted by Gasteiger charge is -2.35. The van der Waals surface area contributed by atoms with Gasteiger partial charge in [0.15, 0.2) is 0 Å². The molecule has 16 heteroatoms. The van der Waals surface area contributed by atoms with Crippen LogP contribution in [0.5, 0.6) is 0 Å². The summed E-state index contributed by atoms with van der Waals surface area (Å²) in [6.45, 7) is 0.101. The largest absolute Gasteiger partial charge is 0.480 e. The van der Waals surface area contributed by atoms with Gasteiger partial charge in [-0.15, -0.1) is 0 Å². The third-order valence-electron chi connectivity index (χ3n) is 6.80. The minimum Gasteiger partial charge on any atom is -0.480 e. The Morgan fingerprint density at radius 3 is 1.81 bits per heavy atom. The van der Waals surface area contributed by atoms with E-state index >= 15 is 0 Å². The van der Waals surface area contributed by atoms with Crippen LogP contribution in [-0.4, -0.2) is 160 Å². The van der Waals surface area contributed by atoms with E-state index in [4.69, 9.17) is 0 Å². The number of carbonyl (C=O) groups excluding carboxylic acids is 1. The highest BCUT2D eigenvalue weighted by Gasteiger charge is 2.27. The van der Waals surface area contributed by atoms with Crippen molar-refractivity contribution in [3.63, 3.8) is 0 Å². The van der Waals surface area contributed by atoms with Crippen LogP contribution in [-0.2, 0) is 30.4 Å². The van der Waals surface area contributed by atoms with Gasteiger partial charge in [-0.05, 0) is 36.3 Å². The summed E-state index contributed by atoms with van der Waals surface area (Å²) in [5, 5.41) is 43.1. The number of aliphatic carboxylic acids is 4. The van der Waals surface area contributed by atoms with Crippen molar-refractivity contribution in [1.82, 2.24) is 24.9 Å². The smallest absolute Gasteiger partial charge is 0.317 e. The molecule has 1 aliphatic rings. The normalized spacial score (nSPS) is 18.3. The van der Waals surface area contributed by atoms with Crippen molar-refractivity contribution in [3.05, 3.63) is 29.8 Å². The Hall–Kier alpha value is -3.79. The standard InChI is InChI=1S/C27H38N6O9S/c34-23(12-20-2-4-21(5-3-20)29-19-43)28-13-22-14-32(17-26(39)40)9-8-30(15-24(35)36)6-1-7-31(16-25(37)38)10-11-33(22)18-27(41)42/h2-5,22H,1,6-18H2,(H,28,34)(H,35,36)(H,37,38)(H,39,40)(H,41,42). The first-order valence-electron chi connectivity index (χ1n) is 13.7. The molecule has 1 fully saturated rings. The molecule has 1 aromatic rings. The molecule has 43 heavy (non-hydrogen) atoms. The first kappa shape index (κ1) is 35.4. The molecule has 1 aromatic carbocycles. The van der Waals surface area contributed by atoms with E-state index in [1.54, 1.807) is 43.9 Å². The van der Waals surface area contributed by atoms with Gasteiger partial charge in [-0.25, -0.2) is 0 Å². The van der Waals surface area contributed by atoms with Crippen LogP contribution in [0.25, 0.3) is 0 Å². The van der Waals surface area contributed by atoms with Crippen LogP contribution < -0.4 is 5.32 Å². The second kappa shape index (κ2) is 18.7. The third-order valence-corrected chi connectivity index (χ3v) is 6.89. The Morgan fingerprint density at radius 2 is 1.28 bits per heavy atom. The van der Waals surface area contributed by atoms with Crippen molar-refractivity contribution in [2.45, 2.75) is 18.9 Å². The zero-order valence-corrected chi connectivity index (χ0v) is 24.6. The molecular formula is C27H38N6O9S. The molecule has 236 valence electrons. The van der Waals surface area contributed by atoms with Gasteiger partial charge in [0.1, 0.15) is 0 Å². The number of carboxylic acids is 4. The van der Waals surface area contributed by atoms with Gasteiger partial charge in [-0.2, -0.15) is 4.99 Å². The molecule has 0 saturated carbocycles. The molecule has 1 saturated heterocycles. The molecule has 1 atom stereocenters. The van der Waals surface area contributed by atoms with Gasteiger partial charge >= 0.3 is 23.9 Å². The molecule has 1 aliphatic heterocycles. The fraction of sp³-hybridized carbons (Fsp3) is 0.556. The van der Waals surface area contributed by atoms with Crippen LogP contribution in [0.2, 0.25) is 0 Å². The maximum absolute atomic E-state index is 12.9. The summed E-state index contributed by atoms with van der Waals surface area (Å²) in [6, 6.07) is 6.15. The van der Waals surface area contributed by atoms with Gasteiger partial charge in [-0.3, -0.25) is 43.6 Å². The molecule has 0 aliphatic carbocycles. The fourth-order valence-corrected chi connectivity index (χ4v) is 4.92. The van der Waals surface area contributed by atoms with Crippen molar-refractivity contribution in [3.8, 4) is 0 Å². The average molecular weight is 623 g/mol. The number of carbonyl (C=O) groups is 5. The predicted molar refractivity (Wildman–Crippen MR) is 158 cm³/mol. The number of aliphatic imine (C=N–C) groups is 1. The van der Waals surface area contributed by atoms with E-state index in [1.807, 2.05) is 0 Å². The number of nitrogens with one attached hydrogen (secondary N) is 1. The molecule has 1 heterocycles. The first-order valence-corrected chi connectivity index (χ1v) is 14.1. The van der Waals surface area contributed by atoms with Crippen molar-refractivity contribution in [2.75, 3.05) is 78.5 Å². The van der Waals surface area contributed by atoms with Crippen LogP contribution in [0.3, 0.4) is 0 Å². The van der Waals surface area contributed by atoms with Gasteiger partial charge in [-0.1, -0.05) is 12.1 Å². The molecular weight excluding hydrogens is 584 g/mol. The Bertz CT molecular complexity index is 1160. The Kier molecular flexibility index (Phi) is 15.4. The summed E-state index contributed by atoms with van der Waals surface area (Å²) in [5.74, 6) is -4.70. The van der Waals surface area contributed by atoms with Crippen molar-refractivity contribution < 1.29 is 44.4 Å². The highest BCUT2D eigenvalue weighted by atomic mass is 32.1. The summed E-state index contributed by atoms with van der Waals surface area (Å²) in [4.78, 5) is 69.7. The number of hydrogen-bond donors (Lipinski definition) is 5. The van der Waals surface area contributed by atoms with Gasteiger partial charge in [0, 0.05) is 58.4 Å². The average Bonchev–Trinajstić information content (AvgIpc) is 2.92. The van der Waals surface area contributed by atoms with Gasteiger partial charge in [0.25, 0.3) is 0 Å². The van der Waals surface area contributed by atoms with Crippen LogP contribution in [0, 0.1) is 0 Å². The number of thiocarbonyl (C=S) groups is 1. The van der Waals surface area contributed by atoms with Gasteiger partial charge in [0.05, 0.1) is 43.4 Å². The maximum atomic E-state index is 12.9. The van der Waals surface area contributed by atoms with E-state index in [2.05, 4.69) is 27.7 Å². The molecule has 0 bridgehead atoms. The minimum atomic E-state index is -1.14. The molecule has 15 nitrogen and oxygen atoms in total. The number of amides is 1. The summed E-state index contributed by atoms with van der Waals surface area (Å²) < 4.78 is 0. The summed E-state index contributed by atoms with van der Waals surface area (Å²) >= 11 is 4.59. The molecule has 1 unspecified atom stereocenters. The van der Waals surface area contributed by atoms with E-state index < -0.39 is 36.5 Å².